The van der Waals surface area contributed by atoms with Gasteiger partial charge in [0, 0.05) is 0 Å². The topological polar surface area (TPSA) is 95.1 Å². The summed E-state index contributed by atoms with van der Waals surface area (Å²) in [6.45, 7) is 0. The maximum absolute atomic E-state index is 12.9. The number of nitrogens with one attached hydrogen (secondary N) is 2. The number of benzene rings is 2. The van der Waals surface area contributed by atoms with Gasteiger partial charge >= 0.3 is 6.18 Å². The van der Waals surface area contributed by atoms with Crippen molar-refractivity contribution in [3.63, 3.8) is 0 Å². The molecule has 0 saturated carbocycles. The zero-order chi connectivity index (χ0) is 19.7. The molecule has 3 aromatic rings. The van der Waals surface area contributed by atoms with E-state index >= 15 is 0 Å². The normalized spacial score (nSPS) is 12.1. The van der Waals surface area contributed by atoms with Gasteiger partial charge in [0.1, 0.15) is 10.6 Å². The minimum atomic E-state index is -4.92. The van der Waals surface area contributed by atoms with E-state index in [9.17, 15) is 26.7 Å². The van der Waals surface area contributed by atoms with Crippen molar-refractivity contribution in [2.45, 2.75) is 17.5 Å². The Bertz CT molecular complexity index is 1050. The van der Waals surface area contributed by atoms with Gasteiger partial charge in [0.2, 0.25) is 0 Å². The number of aromatic hydroxyl groups is 1. The second-order valence-electron chi connectivity index (χ2n) is 5.73. The first-order chi connectivity index (χ1) is 12.7. The van der Waals surface area contributed by atoms with Gasteiger partial charge in [0.25, 0.3) is 10.0 Å². The van der Waals surface area contributed by atoms with Gasteiger partial charge in [-0.25, -0.2) is 8.42 Å². The zero-order valence-corrected chi connectivity index (χ0v) is 14.5. The van der Waals surface area contributed by atoms with Crippen molar-refractivity contribution < 1.29 is 26.7 Å². The van der Waals surface area contributed by atoms with Gasteiger partial charge < -0.3 is 5.11 Å². The monoisotopic (exact) mass is 397 g/mol. The van der Waals surface area contributed by atoms with E-state index in [-0.39, 0.29) is 5.69 Å². The van der Waals surface area contributed by atoms with Crippen LogP contribution in [0.25, 0.3) is 0 Å². The molecule has 142 valence electrons. The first-order valence-corrected chi connectivity index (χ1v) is 9.14. The Morgan fingerprint density at radius 1 is 1.07 bits per heavy atom. The minimum absolute atomic E-state index is 0.224. The molecule has 1 aromatic heterocycles. The summed E-state index contributed by atoms with van der Waals surface area (Å²) in [6.07, 6.45) is -3.90. The van der Waals surface area contributed by atoms with Gasteiger partial charge in [0.15, 0.2) is 5.69 Å². The van der Waals surface area contributed by atoms with Crippen LogP contribution >= 0.6 is 0 Å². The van der Waals surface area contributed by atoms with Crippen LogP contribution in [0.2, 0.25) is 0 Å². The number of anilines is 1. The largest absolute Gasteiger partial charge is 0.506 e. The van der Waals surface area contributed by atoms with Crippen LogP contribution in [0.3, 0.4) is 0 Å². The first kappa shape index (κ1) is 18.8. The number of aromatic nitrogens is 2. The molecule has 0 saturated heterocycles. The van der Waals surface area contributed by atoms with E-state index < -0.39 is 32.5 Å². The van der Waals surface area contributed by atoms with E-state index in [4.69, 9.17) is 0 Å². The third-order valence-corrected chi connectivity index (χ3v) is 5.11. The molecule has 0 unspecified atom stereocenters. The molecule has 3 rings (SSSR count). The number of aromatic amines is 1. The Morgan fingerprint density at radius 3 is 2.44 bits per heavy atom. The van der Waals surface area contributed by atoms with Crippen molar-refractivity contribution in [2.24, 2.45) is 0 Å². The molecule has 0 radical (unpaired) electrons. The van der Waals surface area contributed by atoms with E-state index in [1.54, 1.807) is 11.2 Å². The van der Waals surface area contributed by atoms with Gasteiger partial charge in [-0.3, -0.25) is 9.82 Å². The lowest BCUT2D eigenvalue weighted by molar-refractivity contribution is -0.143. The summed E-state index contributed by atoms with van der Waals surface area (Å²) in [4.78, 5) is -1.05. The van der Waals surface area contributed by atoms with Crippen LogP contribution in [0.15, 0.2) is 59.6 Å². The number of nitrogens with zero attached hydrogens (tertiary/aromatic N) is 1. The molecule has 0 aliphatic carbocycles. The van der Waals surface area contributed by atoms with Crippen molar-refractivity contribution in [1.82, 2.24) is 10.2 Å². The second-order valence-corrected chi connectivity index (χ2v) is 7.38. The smallest absolute Gasteiger partial charge is 0.434 e. The SMILES string of the molecule is O=S(=O)(Nc1cc(Cc2ccccc2)ccc1O)c1cn[nH]c1C(F)(F)F. The van der Waals surface area contributed by atoms with Gasteiger partial charge in [-0.1, -0.05) is 36.4 Å². The zero-order valence-electron chi connectivity index (χ0n) is 13.7. The van der Waals surface area contributed by atoms with Gasteiger partial charge in [-0.05, 0) is 29.7 Å². The van der Waals surface area contributed by atoms with Crippen LogP contribution in [0.4, 0.5) is 18.9 Å². The lowest BCUT2D eigenvalue weighted by Gasteiger charge is -2.12. The number of H-pyrrole nitrogens is 1. The maximum Gasteiger partial charge on any atom is 0.434 e. The molecule has 0 amide bonds. The van der Waals surface area contributed by atoms with Gasteiger partial charge in [0.05, 0.1) is 11.9 Å². The van der Waals surface area contributed by atoms with Gasteiger partial charge in [-0.15, -0.1) is 0 Å². The van der Waals surface area contributed by atoms with Crippen molar-refractivity contribution in [1.29, 1.82) is 0 Å². The van der Waals surface area contributed by atoms with Crippen molar-refractivity contribution in [3.8, 4) is 5.75 Å². The summed E-state index contributed by atoms with van der Waals surface area (Å²) in [5, 5.41) is 14.7. The number of rotatable bonds is 5. The van der Waals surface area contributed by atoms with E-state index in [1.807, 2.05) is 35.1 Å². The van der Waals surface area contributed by atoms with E-state index in [0.29, 0.717) is 18.2 Å². The molecule has 0 atom stereocenters. The Morgan fingerprint density at radius 2 is 1.78 bits per heavy atom. The average molecular weight is 397 g/mol. The summed E-state index contributed by atoms with van der Waals surface area (Å²) in [6, 6.07) is 13.5. The molecular weight excluding hydrogens is 383 g/mol. The van der Waals surface area contributed by atoms with E-state index in [2.05, 4.69) is 5.10 Å². The van der Waals surface area contributed by atoms with Crippen LogP contribution in [0.5, 0.6) is 5.75 Å². The standard InChI is InChI=1S/C17H14F3N3O3S/c18-17(19,20)16-15(10-21-22-16)27(25,26)23-13-9-12(6-7-14(13)24)8-11-4-2-1-3-5-11/h1-7,9-10,23-24H,8H2,(H,21,22). The maximum atomic E-state index is 12.9. The van der Waals surface area contributed by atoms with Crippen LogP contribution in [0, 0.1) is 0 Å². The summed E-state index contributed by atoms with van der Waals surface area (Å²) in [5.41, 5.74) is -0.0983. The molecule has 0 aliphatic rings. The van der Waals surface area contributed by atoms with Crippen molar-refractivity contribution in [2.75, 3.05) is 4.72 Å². The van der Waals surface area contributed by atoms with Crippen LogP contribution in [0.1, 0.15) is 16.8 Å². The third kappa shape index (κ3) is 4.22. The highest BCUT2D eigenvalue weighted by atomic mass is 32.2. The van der Waals surface area contributed by atoms with Crippen molar-refractivity contribution >= 4 is 15.7 Å². The van der Waals surface area contributed by atoms with Gasteiger partial charge in [-0.2, -0.15) is 18.3 Å². The second kappa shape index (κ2) is 6.95. The predicted molar refractivity (Wildman–Crippen MR) is 91.8 cm³/mol. The fraction of sp³-hybridized carbons (Fsp3) is 0.118. The number of hydrogen-bond donors (Lipinski definition) is 3. The molecule has 0 spiro atoms. The number of alkyl halides is 3. The molecule has 3 N–H and O–H groups in total. The first-order valence-electron chi connectivity index (χ1n) is 7.66. The minimum Gasteiger partial charge on any atom is -0.506 e. The summed E-state index contributed by atoms with van der Waals surface area (Å²) in [5.74, 6) is -0.410. The molecule has 10 heteroatoms. The number of halogens is 3. The number of phenolic OH excluding ortho intramolecular Hbond substituents is 1. The molecule has 0 aliphatic heterocycles. The highest BCUT2D eigenvalue weighted by molar-refractivity contribution is 7.92. The lowest BCUT2D eigenvalue weighted by Crippen LogP contribution is -2.18. The Labute approximate surface area is 152 Å². The summed E-state index contributed by atoms with van der Waals surface area (Å²) < 4.78 is 65.5. The number of sulfonamides is 1. The van der Waals surface area contributed by atoms with E-state index in [1.165, 1.54) is 12.1 Å². The van der Waals surface area contributed by atoms with Crippen LogP contribution in [-0.4, -0.2) is 23.7 Å². The highest BCUT2D eigenvalue weighted by Crippen LogP contribution is 2.34. The molecule has 2 aromatic carbocycles. The van der Waals surface area contributed by atoms with Crippen LogP contribution in [-0.2, 0) is 22.6 Å². The number of phenols is 1. The number of hydrogen-bond acceptors (Lipinski definition) is 4. The predicted octanol–water partition coefficient (Wildman–Crippen LogP) is 3.53. The summed E-state index contributed by atoms with van der Waals surface area (Å²) in [7, 11) is -4.62. The lowest BCUT2D eigenvalue weighted by atomic mass is 10.0. The fourth-order valence-electron chi connectivity index (χ4n) is 2.49. The van der Waals surface area contributed by atoms with Crippen molar-refractivity contribution in [3.05, 3.63) is 71.5 Å². The molecule has 27 heavy (non-hydrogen) atoms. The molecule has 0 fully saturated rings. The Kier molecular flexibility index (Phi) is 4.83. The Balaban J connectivity index is 1.91. The van der Waals surface area contributed by atoms with Crippen LogP contribution < -0.4 is 4.72 Å². The highest BCUT2D eigenvalue weighted by Gasteiger charge is 2.39. The molecule has 1 heterocycles. The van der Waals surface area contributed by atoms with E-state index in [0.717, 1.165) is 5.56 Å². The molecule has 0 bridgehead atoms. The third-order valence-electron chi connectivity index (χ3n) is 3.73. The average Bonchev–Trinajstić information content (AvgIpc) is 3.10. The molecule has 6 nitrogen and oxygen atoms in total. The summed E-state index contributed by atoms with van der Waals surface area (Å²) >= 11 is 0. The fourth-order valence-corrected chi connectivity index (χ4v) is 3.67. The Hall–Kier alpha value is -3.01. The quantitative estimate of drug-likeness (QED) is 0.574. The molecular formula is C17H14F3N3O3S.